The van der Waals surface area contributed by atoms with E-state index in [1.807, 2.05) is 34.6 Å². The highest BCUT2D eigenvalue weighted by molar-refractivity contribution is 7.89. The Morgan fingerprint density at radius 1 is 0.875 bits per heavy atom. The van der Waals surface area contributed by atoms with Crippen molar-refractivity contribution in [3.63, 3.8) is 0 Å². The van der Waals surface area contributed by atoms with Crippen LogP contribution in [0.15, 0.2) is 4.90 Å². The van der Waals surface area contributed by atoms with Crippen LogP contribution >= 0.6 is 0 Å². The number of rotatable bonds is 7. The molecular formula is C23H38N4O4S. The molecule has 0 spiro atoms. The van der Waals surface area contributed by atoms with Gasteiger partial charge in [0.25, 0.3) is 0 Å². The van der Waals surface area contributed by atoms with Crippen molar-refractivity contribution in [2.75, 3.05) is 53.4 Å². The third-order valence-corrected chi connectivity index (χ3v) is 8.36. The fourth-order valence-electron chi connectivity index (χ4n) is 4.10. The molecule has 1 aromatic carbocycles. The molecule has 1 aromatic rings. The number of benzene rings is 1. The fraction of sp³-hybridized carbons (Fsp3) is 0.652. The average molecular weight is 467 g/mol. The lowest BCUT2D eigenvalue weighted by atomic mass is 9.95. The zero-order valence-corrected chi connectivity index (χ0v) is 21.4. The number of nitrogens with zero attached hydrogens (tertiary/aromatic N) is 3. The Labute approximate surface area is 193 Å². The highest BCUT2D eigenvalue weighted by atomic mass is 32.2. The van der Waals surface area contributed by atoms with E-state index in [-0.39, 0.29) is 24.8 Å². The summed E-state index contributed by atoms with van der Waals surface area (Å²) in [4.78, 5) is 30.4. The zero-order chi connectivity index (χ0) is 24.2. The number of hydrogen-bond donors (Lipinski definition) is 1. The molecule has 1 heterocycles. The molecule has 2 rings (SSSR count). The average Bonchev–Trinajstić information content (AvgIpc) is 2.96. The third-order valence-electron chi connectivity index (χ3n) is 6.63. The normalized spacial score (nSPS) is 15.5. The lowest BCUT2D eigenvalue weighted by Crippen LogP contribution is -2.40. The van der Waals surface area contributed by atoms with Crippen molar-refractivity contribution in [1.29, 1.82) is 0 Å². The second kappa shape index (κ2) is 10.8. The molecule has 0 aliphatic carbocycles. The number of amides is 2. The number of likely N-dealkylation sites (N-methyl/N-ethyl adjacent to an activating group) is 1. The molecule has 0 saturated carbocycles. The Hall–Kier alpha value is -1.97. The van der Waals surface area contributed by atoms with Crippen LogP contribution in [0.1, 0.15) is 40.7 Å². The molecule has 0 unspecified atom stereocenters. The first-order valence-electron chi connectivity index (χ1n) is 11.1. The summed E-state index contributed by atoms with van der Waals surface area (Å²) >= 11 is 0. The first-order chi connectivity index (χ1) is 14.9. The Bertz CT molecular complexity index is 944. The maximum Gasteiger partial charge on any atom is 0.241 e. The van der Waals surface area contributed by atoms with Crippen LogP contribution in [0.5, 0.6) is 0 Å². The van der Waals surface area contributed by atoms with Crippen molar-refractivity contribution in [1.82, 2.24) is 19.4 Å². The van der Waals surface area contributed by atoms with Crippen LogP contribution in [0.2, 0.25) is 0 Å². The van der Waals surface area contributed by atoms with E-state index in [0.717, 1.165) is 40.8 Å². The van der Waals surface area contributed by atoms with Gasteiger partial charge in [-0.25, -0.2) is 13.1 Å². The second-order valence-electron chi connectivity index (χ2n) is 8.90. The van der Waals surface area contributed by atoms with Crippen LogP contribution in [0.25, 0.3) is 0 Å². The summed E-state index contributed by atoms with van der Waals surface area (Å²) in [6.07, 6.45) is 0.899. The molecular weight excluding hydrogens is 428 g/mol. The Kier molecular flexibility index (Phi) is 8.84. The lowest BCUT2D eigenvalue weighted by molar-refractivity contribution is -0.130. The molecule has 2 amide bonds. The van der Waals surface area contributed by atoms with Crippen LogP contribution in [-0.4, -0.2) is 88.3 Å². The van der Waals surface area contributed by atoms with Gasteiger partial charge in [-0.1, -0.05) is 0 Å². The van der Waals surface area contributed by atoms with Gasteiger partial charge in [-0.05, 0) is 68.9 Å². The highest BCUT2D eigenvalue weighted by Crippen LogP contribution is 2.29. The molecule has 1 aliphatic rings. The first kappa shape index (κ1) is 26.3. The minimum absolute atomic E-state index is 0.0475. The summed E-state index contributed by atoms with van der Waals surface area (Å²) in [5, 5.41) is 0. The number of hydrogen-bond acceptors (Lipinski definition) is 5. The van der Waals surface area contributed by atoms with Crippen molar-refractivity contribution in [3.05, 3.63) is 27.8 Å². The minimum atomic E-state index is -3.72. The first-order valence-corrected chi connectivity index (χ1v) is 12.6. The van der Waals surface area contributed by atoms with Crippen molar-refractivity contribution in [3.8, 4) is 0 Å². The Morgan fingerprint density at radius 2 is 1.44 bits per heavy atom. The molecule has 0 atom stereocenters. The summed E-state index contributed by atoms with van der Waals surface area (Å²) in [6, 6.07) is 0. The number of nitrogens with one attached hydrogen (secondary N) is 1. The van der Waals surface area contributed by atoms with Crippen LogP contribution in [0, 0.1) is 34.6 Å². The molecule has 1 saturated heterocycles. The van der Waals surface area contributed by atoms with Gasteiger partial charge in [0, 0.05) is 53.2 Å². The molecule has 8 nitrogen and oxygen atoms in total. The monoisotopic (exact) mass is 466 g/mol. The van der Waals surface area contributed by atoms with Crippen molar-refractivity contribution in [2.45, 2.75) is 52.4 Å². The second-order valence-corrected chi connectivity index (χ2v) is 10.6. The molecule has 1 N–H and O–H groups in total. The topological polar surface area (TPSA) is 90.0 Å². The molecule has 1 fully saturated rings. The standard InChI is InChI=1S/C23H38N4O4S/c1-16-17(2)19(4)23(20(5)18(16)3)32(30,31)24-10-9-21(28)27-12-8-11-26(13-14-27)15-22(29)25(6)7/h24H,8-15H2,1-7H3. The molecule has 0 aromatic heterocycles. The Morgan fingerprint density at radius 3 is 2.00 bits per heavy atom. The zero-order valence-electron chi connectivity index (χ0n) is 20.5. The van der Waals surface area contributed by atoms with Crippen LogP contribution < -0.4 is 4.72 Å². The molecule has 180 valence electrons. The van der Waals surface area contributed by atoms with Gasteiger partial charge in [-0.15, -0.1) is 0 Å². The van der Waals surface area contributed by atoms with Crippen LogP contribution in [0.4, 0.5) is 0 Å². The fourth-order valence-corrected chi connectivity index (χ4v) is 5.73. The van der Waals surface area contributed by atoms with Gasteiger partial charge in [0.2, 0.25) is 21.8 Å². The maximum atomic E-state index is 13.0. The van der Waals surface area contributed by atoms with Crippen molar-refractivity contribution < 1.29 is 18.0 Å². The minimum Gasteiger partial charge on any atom is -0.348 e. The number of carbonyl (C=O) groups is 2. The third kappa shape index (κ3) is 6.08. The van der Waals surface area contributed by atoms with Gasteiger partial charge < -0.3 is 9.80 Å². The van der Waals surface area contributed by atoms with E-state index in [0.29, 0.717) is 31.1 Å². The van der Waals surface area contributed by atoms with Gasteiger partial charge in [0.05, 0.1) is 11.4 Å². The highest BCUT2D eigenvalue weighted by Gasteiger charge is 2.25. The van der Waals surface area contributed by atoms with E-state index >= 15 is 0 Å². The SMILES string of the molecule is Cc1c(C)c(C)c(S(=O)(=O)NCCC(=O)N2CCCN(CC(=O)N(C)C)CC2)c(C)c1C. The van der Waals surface area contributed by atoms with E-state index in [9.17, 15) is 18.0 Å². The van der Waals surface area contributed by atoms with Gasteiger partial charge in [0.15, 0.2) is 0 Å². The quantitative estimate of drug-likeness (QED) is 0.658. The molecule has 1 aliphatic heterocycles. The van der Waals surface area contributed by atoms with Crippen LogP contribution in [0.3, 0.4) is 0 Å². The summed E-state index contributed by atoms with van der Waals surface area (Å²) in [6.45, 7) is 12.5. The van der Waals surface area contributed by atoms with E-state index in [1.54, 1.807) is 23.9 Å². The number of carbonyl (C=O) groups excluding carboxylic acids is 2. The van der Waals surface area contributed by atoms with Gasteiger partial charge in [-0.3, -0.25) is 14.5 Å². The molecule has 0 radical (unpaired) electrons. The number of sulfonamides is 1. The summed E-state index contributed by atoms with van der Waals surface area (Å²) in [5.74, 6) is -0.0236. The van der Waals surface area contributed by atoms with Gasteiger partial charge >= 0.3 is 0 Å². The van der Waals surface area contributed by atoms with E-state index in [4.69, 9.17) is 0 Å². The van der Waals surface area contributed by atoms with Crippen molar-refractivity contribution in [2.24, 2.45) is 0 Å². The Balaban J connectivity index is 1.96. The lowest BCUT2D eigenvalue weighted by Gasteiger charge is -2.23. The maximum absolute atomic E-state index is 13.0. The van der Waals surface area contributed by atoms with E-state index < -0.39 is 10.0 Å². The summed E-state index contributed by atoms with van der Waals surface area (Å²) in [7, 11) is -0.248. The summed E-state index contributed by atoms with van der Waals surface area (Å²) < 4.78 is 28.7. The predicted octanol–water partition coefficient (Wildman–Crippen LogP) is 1.52. The molecule has 9 heteroatoms. The smallest absolute Gasteiger partial charge is 0.241 e. The van der Waals surface area contributed by atoms with Crippen molar-refractivity contribution >= 4 is 21.8 Å². The van der Waals surface area contributed by atoms with E-state index in [2.05, 4.69) is 9.62 Å². The molecule has 0 bridgehead atoms. The van der Waals surface area contributed by atoms with Crippen LogP contribution in [-0.2, 0) is 19.6 Å². The predicted molar refractivity (Wildman–Crippen MR) is 126 cm³/mol. The van der Waals surface area contributed by atoms with Gasteiger partial charge in [-0.2, -0.15) is 0 Å². The molecule has 32 heavy (non-hydrogen) atoms. The summed E-state index contributed by atoms with van der Waals surface area (Å²) in [5.41, 5.74) is 4.57. The van der Waals surface area contributed by atoms with E-state index in [1.165, 1.54) is 0 Å². The van der Waals surface area contributed by atoms with Gasteiger partial charge in [0.1, 0.15) is 0 Å². The largest absolute Gasteiger partial charge is 0.348 e.